The average molecular weight is 744 g/mol. The van der Waals surface area contributed by atoms with E-state index in [1.807, 2.05) is 0 Å². The summed E-state index contributed by atoms with van der Waals surface area (Å²) in [6.45, 7) is 4.43. The first-order valence-corrected chi connectivity index (χ1v) is 20.5. The minimum absolute atomic E-state index is 0.479. The van der Waals surface area contributed by atoms with Crippen LogP contribution in [0, 0.1) is 13.8 Å². The van der Waals surface area contributed by atoms with Gasteiger partial charge >= 0.3 is 0 Å². The summed E-state index contributed by atoms with van der Waals surface area (Å²) in [5.74, 6) is 0. The Morgan fingerprint density at radius 3 is 1.67 bits per heavy atom. The molecule has 1 heteroatoms. The molecule has 0 bridgehead atoms. The Balaban J connectivity index is 1.16. The summed E-state index contributed by atoms with van der Waals surface area (Å²) in [5, 5.41) is 0. The van der Waals surface area contributed by atoms with E-state index < -0.39 is 5.41 Å². The van der Waals surface area contributed by atoms with Crippen LogP contribution in [0.15, 0.2) is 218 Å². The van der Waals surface area contributed by atoms with Crippen LogP contribution in [-0.4, -0.2) is 0 Å². The van der Waals surface area contributed by atoms with Gasteiger partial charge in [-0.25, -0.2) is 0 Å². The Kier molecular flexibility index (Phi) is 9.07. The maximum atomic E-state index is 2.52. The SMILES string of the molecule is Cc1ccccc1-c1cc(C2=CCCC(N(c3ccc(-c4ccccc4)cc3)c3ccc4c(c3)C(c3ccccc3)(c3ccccc3)c3ccccc3-4)=C2)ccc1C. The molecule has 0 saturated carbocycles. The van der Waals surface area contributed by atoms with Crippen molar-refractivity contribution in [3.05, 3.63) is 257 Å². The average Bonchev–Trinajstić information content (AvgIpc) is 3.58. The van der Waals surface area contributed by atoms with Gasteiger partial charge in [0.1, 0.15) is 0 Å². The normalized spacial score (nSPS) is 13.9. The van der Waals surface area contributed by atoms with Crippen LogP contribution >= 0.6 is 0 Å². The Morgan fingerprint density at radius 1 is 0.414 bits per heavy atom. The molecule has 8 aromatic rings. The standard InChI is InChI=1S/C57H45N/c1-40-17-12-13-26-51(40)54-38-45(30-29-41(54)2)44-20-16-25-49(37-44)58(48-33-31-43(32-34-48)42-18-6-3-7-19-42)50-35-36-53-52-27-14-15-28-55(52)57(56(53)39-50,46-21-8-4-9-22-46)47-23-10-5-11-24-47/h3-15,17-24,26-39H,16,25H2,1-2H3. The Hall–Kier alpha value is -6.96. The fourth-order valence-corrected chi connectivity index (χ4v) is 9.52. The molecule has 0 spiro atoms. The summed E-state index contributed by atoms with van der Waals surface area (Å²) in [4.78, 5) is 2.52. The minimum Gasteiger partial charge on any atom is -0.314 e. The number of anilines is 2. The van der Waals surface area contributed by atoms with Gasteiger partial charge < -0.3 is 4.90 Å². The van der Waals surface area contributed by atoms with E-state index in [9.17, 15) is 0 Å². The van der Waals surface area contributed by atoms with Crippen molar-refractivity contribution < 1.29 is 0 Å². The number of fused-ring (bicyclic) bond motifs is 3. The summed E-state index contributed by atoms with van der Waals surface area (Å²) < 4.78 is 0. The first-order chi connectivity index (χ1) is 28.6. The van der Waals surface area contributed by atoms with Gasteiger partial charge in [-0.3, -0.25) is 0 Å². The third-order valence-electron chi connectivity index (χ3n) is 12.3. The second kappa shape index (κ2) is 14.8. The number of rotatable bonds is 8. The van der Waals surface area contributed by atoms with E-state index in [1.165, 1.54) is 83.6 Å². The summed E-state index contributed by atoms with van der Waals surface area (Å²) in [7, 11) is 0. The van der Waals surface area contributed by atoms with Crippen LogP contribution in [0.3, 0.4) is 0 Å². The maximum Gasteiger partial charge on any atom is 0.0714 e. The van der Waals surface area contributed by atoms with Gasteiger partial charge in [-0.15, -0.1) is 0 Å². The zero-order valence-electron chi connectivity index (χ0n) is 33.1. The number of hydrogen-bond acceptors (Lipinski definition) is 1. The highest BCUT2D eigenvalue weighted by Crippen LogP contribution is 2.57. The molecular formula is C57H45N. The van der Waals surface area contributed by atoms with Crippen molar-refractivity contribution in [2.24, 2.45) is 0 Å². The molecule has 2 aliphatic rings. The van der Waals surface area contributed by atoms with Crippen molar-refractivity contribution in [1.29, 1.82) is 0 Å². The first kappa shape index (κ1) is 35.5. The quantitative estimate of drug-likeness (QED) is 0.150. The summed E-state index contributed by atoms with van der Waals surface area (Å²) in [6, 6.07) is 73.9. The topological polar surface area (TPSA) is 3.24 Å². The van der Waals surface area contributed by atoms with Crippen LogP contribution in [0.25, 0.3) is 39.0 Å². The second-order valence-electron chi connectivity index (χ2n) is 15.7. The van der Waals surface area contributed by atoms with Crippen LogP contribution < -0.4 is 4.90 Å². The molecule has 0 heterocycles. The largest absolute Gasteiger partial charge is 0.314 e. The summed E-state index contributed by atoms with van der Waals surface area (Å²) in [5.41, 5.74) is 21.0. The van der Waals surface area contributed by atoms with E-state index in [0.29, 0.717) is 0 Å². The molecule has 0 aliphatic heterocycles. The van der Waals surface area contributed by atoms with Gasteiger partial charge in [0.2, 0.25) is 0 Å². The molecule has 0 amide bonds. The van der Waals surface area contributed by atoms with Gasteiger partial charge in [0, 0.05) is 17.1 Å². The van der Waals surface area contributed by atoms with E-state index in [-0.39, 0.29) is 0 Å². The van der Waals surface area contributed by atoms with Crippen LogP contribution in [0.5, 0.6) is 0 Å². The number of nitrogens with zero attached hydrogens (tertiary/aromatic N) is 1. The zero-order chi connectivity index (χ0) is 39.1. The highest BCUT2D eigenvalue weighted by molar-refractivity contribution is 5.89. The lowest BCUT2D eigenvalue weighted by atomic mass is 9.67. The molecule has 278 valence electrons. The molecular weight excluding hydrogens is 699 g/mol. The van der Waals surface area contributed by atoms with Crippen LogP contribution in [0.4, 0.5) is 11.4 Å². The van der Waals surface area contributed by atoms with Crippen molar-refractivity contribution in [3.8, 4) is 33.4 Å². The lowest BCUT2D eigenvalue weighted by Crippen LogP contribution is -2.29. The molecule has 1 nitrogen and oxygen atoms in total. The molecule has 0 saturated heterocycles. The molecule has 58 heavy (non-hydrogen) atoms. The molecule has 0 atom stereocenters. The monoisotopic (exact) mass is 743 g/mol. The molecule has 2 aliphatic carbocycles. The Labute approximate surface area is 342 Å². The number of allylic oxidation sites excluding steroid dienone is 4. The zero-order valence-corrected chi connectivity index (χ0v) is 33.1. The third kappa shape index (κ3) is 6.03. The highest BCUT2D eigenvalue weighted by Gasteiger charge is 2.46. The summed E-state index contributed by atoms with van der Waals surface area (Å²) in [6.07, 6.45) is 6.74. The lowest BCUT2D eigenvalue weighted by molar-refractivity contribution is 0.768. The number of hydrogen-bond donors (Lipinski definition) is 0. The second-order valence-corrected chi connectivity index (χ2v) is 15.7. The van der Waals surface area contributed by atoms with Gasteiger partial charge in [-0.1, -0.05) is 176 Å². The van der Waals surface area contributed by atoms with E-state index in [4.69, 9.17) is 0 Å². The minimum atomic E-state index is -0.479. The first-order valence-electron chi connectivity index (χ1n) is 20.5. The molecule has 0 radical (unpaired) electrons. The molecule has 0 aromatic heterocycles. The number of aryl methyl sites for hydroxylation is 2. The lowest BCUT2D eigenvalue weighted by Gasteiger charge is -2.35. The smallest absolute Gasteiger partial charge is 0.0714 e. The maximum absolute atomic E-state index is 2.52. The molecule has 10 rings (SSSR count). The van der Waals surface area contributed by atoms with Crippen molar-refractivity contribution >= 4 is 16.9 Å². The number of benzene rings is 8. The van der Waals surface area contributed by atoms with E-state index in [2.05, 4.69) is 231 Å². The van der Waals surface area contributed by atoms with Gasteiger partial charge in [-0.2, -0.15) is 0 Å². The van der Waals surface area contributed by atoms with Crippen molar-refractivity contribution in [2.45, 2.75) is 32.1 Å². The van der Waals surface area contributed by atoms with Gasteiger partial charge in [-0.05, 0) is 141 Å². The van der Waals surface area contributed by atoms with Crippen LogP contribution in [-0.2, 0) is 5.41 Å². The molecule has 0 unspecified atom stereocenters. The Bertz CT molecular complexity index is 2790. The fourth-order valence-electron chi connectivity index (χ4n) is 9.52. The van der Waals surface area contributed by atoms with Crippen LogP contribution in [0.2, 0.25) is 0 Å². The molecule has 8 aromatic carbocycles. The summed E-state index contributed by atoms with van der Waals surface area (Å²) >= 11 is 0. The van der Waals surface area contributed by atoms with Crippen molar-refractivity contribution in [1.82, 2.24) is 0 Å². The predicted octanol–water partition coefficient (Wildman–Crippen LogP) is 14.9. The van der Waals surface area contributed by atoms with E-state index >= 15 is 0 Å². The van der Waals surface area contributed by atoms with E-state index in [1.54, 1.807) is 0 Å². The predicted molar refractivity (Wildman–Crippen MR) is 244 cm³/mol. The van der Waals surface area contributed by atoms with Gasteiger partial charge in [0.15, 0.2) is 0 Å². The van der Waals surface area contributed by atoms with Gasteiger partial charge in [0.05, 0.1) is 5.41 Å². The van der Waals surface area contributed by atoms with Gasteiger partial charge in [0.25, 0.3) is 0 Å². The molecule has 0 fully saturated rings. The highest BCUT2D eigenvalue weighted by atomic mass is 15.1. The van der Waals surface area contributed by atoms with Crippen molar-refractivity contribution in [2.75, 3.05) is 4.90 Å². The fraction of sp³-hybridized carbons (Fsp3) is 0.0877. The van der Waals surface area contributed by atoms with E-state index in [0.717, 1.165) is 24.2 Å². The Morgan fingerprint density at radius 2 is 0.966 bits per heavy atom. The third-order valence-corrected chi connectivity index (χ3v) is 12.3. The van der Waals surface area contributed by atoms with Crippen LogP contribution in [0.1, 0.15) is 51.8 Å². The molecule has 0 N–H and O–H groups in total. The van der Waals surface area contributed by atoms with Crippen molar-refractivity contribution in [3.63, 3.8) is 0 Å².